The standard InChI is InChI=1S/C25H34N4O4S/c1-25(2,3)12-9-20(30)26-21(19-10-14-33-15-11-19)22(31)23(32)27-28-24-29(13-16-34-24)17-18-7-5-4-6-8-18/h4-9,12,19,21H,10-11,13-17H2,1-3H3,(H,26,30)(H,27,32)/b12-9+,28-24-. The molecular formula is C25H34N4O4S. The summed E-state index contributed by atoms with van der Waals surface area (Å²) in [6, 6.07) is 9.10. The van der Waals surface area contributed by atoms with Crippen LogP contribution in [0.4, 0.5) is 0 Å². The van der Waals surface area contributed by atoms with Gasteiger partial charge in [0.05, 0.1) is 0 Å². The van der Waals surface area contributed by atoms with Crippen LogP contribution in [0.3, 0.4) is 0 Å². The number of thioether (sulfide) groups is 1. The van der Waals surface area contributed by atoms with E-state index in [1.54, 1.807) is 6.08 Å². The van der Waals surface area contributed by atoms with Crippen molar-refractivity contribution in [3.63, 3.8) is 0 Å². The number of nitrogens with zero attached hydrogens (tertiary/aromatic N) is 2. The number of hydrazone groups is 1. The average Bonchev–Trinajstić information content (AvgIpc) is 3.26. The lowest BCUT2D eigenvalue weighted by molar-refractivity contribution is -0.141. The zero-order chi connectivity index (χ0) is 24.6. The van der Waals surface area contributed by atoms with Crippen molar-refractivity contribution in [2.24, 2.45) is 16.4 Å². The van der Waals surface area contributed by atoms with Crippen molar-refractivity contribution >= 4 is 34.5 Å². The quantitative estimate of drug-likeness (QED) is 0.333. The summed E-state index contributed by atoms with van der Waals surface area (Å²) in [7, 11) is 0. The first-order valence-electron chi connectivity index (χ1n) is 11.6. The zero-order valence-corrected chi connectivity index (χ0v) is 20.9. The number of allylic oxidation sites excluding steroid dienone is 1. The Balaban J connectivity index is 1.65. The maximum Gasteiger partial charge on any atom is 0.309 e. The largest absolute Gasteiger partial charge is 0.381 e. The molecule has 0 saturated carbocycles. The zero-order valence-electron chi connectivity index (χ0n) is 20.1. The first-order chi connectivity index (χ1) is 16.2. The summed E-state index contributed by atoms with van der Waals surface area (Å²) in [5.74, 6) is -1.21. The summed E-state index contributed by atoms with van der Waals surface area (Å²) in [6.07, 6.45) is 4.40. The molecule has 1 atom stereocenters. The summed E-state index contributed by atoms with van der Waals surface area (Å²) in [6.45, 7) is 8.42. The number of carbonyl (C=O) groups excluding carboxylic acids is 3. The van der Waals surface area contributed by atoms with Gasteiger partial charge in [0.2, 0.25) is 11.7 Å². The predicted octanol–water partition coefficient (Wildman–Crippen LogP) is 2.71. The summed E-state index contributed by atoms with van der Waals surface area (Å²) in [5.41, 5.74) is 3.40. The van der Waals surface area contributed by atoms with E-state index in [1.807, 2.05) is 51.1 Å². The molecule has 2 aliphatic rings. The third-order valence-electron chi connectivity index (χ3n) is 5.61. The molecule has 9 heteroatoms. The number of amides is 2. The Labute approximate surface area is 205 Å². The van der Waals surface area contributed by atoms with Gasteiger partial charge in [-0.1, -0.05) is 68.9 Å². The Morgan fingerprint density at radius 1 is 1.21 bits per heavy atom. The van der Waals surface area contributed by atoms with Crippen LogP contribution in [-0.4, -0.2) is 59.2 Å². The Morgan fingerprint density at radius 3 is 2.59 bits per heavy atom. The maximum absolute atomic E-state index is 13.1. The molecule has 2 fully saturated rings. The lowest BCUT2D eigenvalue weighted by atomic mass is 9.88. The second-order valence-corrected chi connectivity index (χ2v) is 10.7. The number of Topliss-reactive ketones (excluding diaryl/α,β-unsaturated/α-hetero) is 1. The van der Waals surface area contributed by atoms with Gasteiger partial charge in [-0.2, -0.15) is 0 Å². The van der Waals surface area contributed by atoms with Crippen LogP contribution in [0.5, 0.6) is 0 Å². The van der Waals surface area contributed by atoms with Gasteiger partial charge in [-0.3, -0.25) is 14.4 Å². The lowest BCUT2D eigenvalue weighted by Gasteiger charge is -2.29. The highest BCUT2D eigenvalue weighted by atomic mass is 32.2. The van der Waals surface area contributed by atoms with Crippen LogP contribution >= 0.6 is 11.8 Å². The van der Waals surface area contributed by atoms with Crippen molar-refractivity contribution in [2.45, 2.75) is 46.2 Å². The molecular weight excluding hydrogens is 452 g/mol. The molecule has 0 aromatic heterocycles. The number of amidine groups is 1. The van der Waals surface area contributed by atoms with Crippen LogP contribution in [0.15, 0.2) is 47.6 Å². The summed E-state index contributed by atoms with van der Waals surface area (Å²) in [4.78, 5) is 40.4. The SMILES string of the molecule is CC(C)(C)/C=C/C(=O)NC(C(=O)C(=O)N/N=C1\SCCN1Cc1ccccc1)C1CCOCC1. The van der Waals surface area contributed by atoms with Crippen molar-refractivity contribution in [3.8, 4) is 0 Å². The fraction of sp³-hybridized carbons (Fsp3) is 0.520. The van der Waals surface area contributed by atoms with Gasteiger partial charge in [-0.05, 0) is 35.8 Å². The Bertz CT molecular complexity index is 921. The average molecular weight is 487 g/mol. The molecule has 1 aromatic rings. The molecule has 3 rings (SSSR count). The fourth-order valence-electron chi connectivity index (χ4n) is 3.76. The van der Waals surface area contributed by atoms with E-state index in [2.05, 4.69) is 20.7 Å². The first kappa shape index (κ1) is 26.0. The highest BCUT2D eigenvalue weighted by Gasteiger charge is 2.35. The minimum Gasteiger partial charge on any atom is -0.381 e. The fourth-order valence-corrected chi connectivity index (χ4v) is 4.70. The van der Waals surface area contributed by atoms with E-state index in [0.29, 0.717) is 37.8 Å². The Kier molecular flexibility index (Phi) is 9.29. The molecule has 2 aliphatic heterocycles. The highest BCUT2D eigenvalue weighted by molar-refractivity contribution is 8.14. The van der Waals surface area contributed by atoms with Gasteiger partial charge < -0.3 is 15.0 Å². The van der Waals surface area contributed by atoms with Crippen molar-refractivity contribution in [1.82, 2.24) is 15.6 Å². The second-order valence-electron chi connectivity index (χ2n) is 9.59. The number of carbonyl (C=O) groups is 3. The first-order valence-corrected chi connectivity index (χ1v) is 12.6. The number of rotatable bonds is 8. The van der Waals surface area contributed by atoms with Gasteiger partial charge in [0, 0.05) is 32.1 Å². The topological polar surface area (TPSA) is 100 Å². The molecule has 34 heavy (non-hydrogen) atoms. The molecule has 0 radical (unpaired) electrons. The lowest BCUT2D eigenvalue weighted by Crippen LogP contribution is -2.51. The number of ketones is 1. The maximum atomic E-state index is 13.1. The van der Waals surface area contributed by atoms with E-state index in [1.165, 1.54) is 17.8 Å². The molecule has 2 N–H and O–H groups in total. The van der Waals surface area contributed by atoms with E-state index in [9.17, 15) is 14.4 Å². The van der Waals surface area contributed by atoms with Crippen molar-refractivity contribution in [3.05, 3.63) is 48.0 Å². The highest BCUT2D eigenvalue weighted by Crippen LogP contribution is 2.22. The van der Waals surface area contributed by atoms with E-state index in [0.717, 1.165) is 17.9 Å². The van der Waals surface area contributed by atoms with Crippen LogP contribution in [0.1, 0.15) is 39.2 Å². The van der Waals surface area contributed by atoms with E-state index in [-0.39, 0.29) is 17.2 Å². The molecule has 0 spiro atoms. The van der Waals surface area contributed by atoms with Crippen LogP contribution in [0.25, 0.3) is 0 Å². The van der Waals surface area contributed by atoms with E-state index < -0.39 is 17.7 Å². The number of nitrogens with one attached hydrogen (secondary N) is 2. The molecule has 1 aromatic carbocycles. The second kappa shape index (κ2) is 12.2. The van der Waals surface area contributed by atoms with Crippen molar-refractivity contribution < 1.29 is 19.1 Å². The molecule has 184 valence electrons. The minimum atomic E-state index is -0.919. The van der Waals surface area contributed by atoms with Gasteiger partial charge >= 0.3 is 5.91 Å². The predicted molar refractivity (Wildman–Crippen MR) is 134 cm³/mol. The van der Waals surface area contributed by atoms with Gasteiger partial charge in [0.15, 0.2) is 5.17 Å². The van der Waals surface area contributed by atoms with Crippen LogP contribution < -0.4 is 10.7 Å². The number of benzene rings is 1. The normalized spacial score (nSPS) is 19.4. The van der Waals surface area contributed by atoms with Crippen molar-refractivity contribution in [2.75, 3.05) is 25.5 Å². The summed E-state index contributed by atoms with van der Waals surface area (Å²) in [5, 5.41) is 7.66. The van der Waals surface area contributed by atoms with Gasteiger partial charge in [0.1, 0.15) is 6.04 Å². The van der Waals surface area contributed by atoms with Gasteiger partial charge in [-0.25, -0.2) is 5.43 Å². The molecule has 2 amide bonds. The molecule has 8 nitrogen and oxygen atoms in total. The third kappa shape index (κ3) is 7.99. The van der Waals surface area contributed by atoms with E-state index >= 15 is 0 Å². The summed E-state index contributed by atoms with van der Waals surface area (Å²) < 4.78 is 5.39. The van der Waals surface area contributed by atoms with Crippen LogP contribution in [0, 0.1) is 11.3 Å². The Morgan fingerprint density at radius 2 is 1.91 bits per heavy atom. The molecule has 2 heterocycles. The summed E-state index contributed by atoms with van der Waals surface area (Å²) >= 11 is 1.53. The van der Waals surface area contributed by atoms with Crippen LogP contribution in [-0.2, 0) is 25.7 Å². The number of ether oxygens (including phenoxy) is 1. The monoisotopic (exact) mass is 486 g/mol. The van der Waals surface area contributed by atoms with Gasteiger partial charge in [0.25, 0.3) is 0 Å². The number of hydrogen-bond acceptors (Lipinski definition) is 6. The smallest absolute Gasteiger partial charge is 0.309 e. The molecule has 2 saturated heterocycles. The molecule has 0 aliphatic carbocycles. The van der Waals surface area contributed by atoms with E-state index in [4.69, 9.17) is 4.74 Å². The van der Waals surface area contributed by atoms with Crippen molar-refractivity contribution in [1.29, 1.82) is 0 Å². The minimum absolute atomic E-state index is 0.165. The Hall–Kier alpha value is -2.65. The molecule has 0 bridgehead atoms. The number of hydrogen-bond donors (Lipinski definition) is 2. The van der Waals surface area contributed by atoms with Crippen LogP contribution in [0.2, 0.25) is 0 Å². The third-order valence-corrected chi connectivity index (χ3v) is 6.60. The van der Waals surface area contributed by atoms with Gasteiger partial charge in [-0.15, -0.1) is 5.10 Å². The molecule has 1 unspecified atom stereocenters.